The molecule has 1 saturated heterocycles. The summed E-state index contributed by atoms with van der Waals surface area (Å²) < 4.78 is 56.8. The topological polar surface area (TPSA) is 223 Å². The van der Waals surface area contributed by atoms with Crippen molar-refractivity contribution in [3.63, 3.8) is 0 Å². The molecule has 0 saturated carbocycles. The van der Waals surface area contributed by atoms with Gasteiger partial charge in [0.25, 0.3) is 0 Å². The van der Waals surface area contributed by atoms with Crippen LogP contribution in [0.5, 0.6) is 0 Å². The lowest BCUT2D eigenvalue weighted by Crippen LogP contribution is -2.62. The Bertz CT molecular complexity index is 916. The Balaban J connectivity index is 3.41. The highest BCUT2D eigenvalue weighted by Gasteiger charge is 2.54. The predicted molar refractivity (Wildman–Crippen MR) is 111 cm³/mol. The summed E-state index contributed by atoms with van der Waals surface area (Å²) in [5.74, 6) is -5.81. The first-order valence-electron chi connectivity index (χ1n) is 10.3. The molecule has 18 heteroatoms. The van der Waals surface area contributed by atoms with Crippen LogP contribution in [0.1, 0.15) is 41.5 Å². The Kier molecular flexibility index (Phi) is 12.1. The van der Waals surface area contributed by atoms with Crippen molar-refractivity contribution in [3.05, 3.63) is 0 Å². The highest BCUT2D eigenvalue weighted by atomic mass is 31.2. The van der Waals surface area contributed by atoms with Crippen molar-refractivity contribution in [2.24, 2.45) is 0 Å². The summed E-state index contributed by atoms with van der Waals surface area (Å²) in [5, 5.41) is 0. The Morgan fingerprint density at radius 3 is 1.62 bits per heavy atom. The van der Waals surface area contributed by atoms with E-state index in [0.717, 1.165) is 41.5 Å². The smallest absolute Gasteiger partial charge is 0.463 e. The first kappa shape index (κ1) is 31.9. The van der Waals surface area contributed by atoms with Crippen LogP contribution in [-0.2, 0) is 75.5 Å². The zero-order valence-corrected chi connectivity index (χ0v) is 21.5. The van der Waals surface area contributed by atoms with Crippen LogP contribution in [0.4, 0.5) is 0 Å². The van der Waals surface area contributed by atoms with Gasteiger partial charge in [-0.25, -0.2) is 9.09 Å². The Morgan fingerprint density at radius 1 is 0.730 bits per heavy atom. The number of hydrogen-bond acceptors (Lipinski definition) is 16. The molecule has 0 spiro atoms. The molecule has 0 aromatic carbocycles. The summed E-state index contributed by atoms with van der Waals surface area (Å²) in [6.07, 6.45) is -8.72. The quantitative estimate of drug-likeness (QED) is 0.147. The average molecular weight is 558 g/mol. The zero-order chi connectivity index (χ0) is 28.5. The summed E-state index contributed by atoms with van der Waals surface area (Å²) in [6.45, 7) is 2.71. The molecule has 0 aromatic heterocycles. The van der Waals surface area contributed by atoms with Crippen LogP contribution >= 0.6 is 7.82 Å². The molecule has 17 nitrogen and oxygen atoms in total. The van der Waals surface area contributed by atoms with Crippen LogP contribution in [0.15, 0.2) is 0 Å². The van der Waals surface area contributed by atoms with Crippen LogP contribution < -0.4 is 0 Å². The zero-order valence-electron chi connectivity index (χ0n) is 20.6. The summed E-state index contributed by atoms with van der Waals surface area (Å²) in [7, 11) is -5.41. The lowest BCUT2D eigenvalue weighted by Gasteiger charge is -2.44. The van der Waals surface area contributed by atoms with Gasteiger partial charge in [-0.05, 0) is 0 Å². The largest absolute Gasteiger partial charge is 0.480 e. The van der Waals surface area contributed by atoms with Gasteiger partial charge in [0.1, 0.15) is 12.7 Å². The lowest BCUT2D eigenvalue weighted by molar-refractivity contribution is -0.295. The fraction of sp³-hybridized carbons (Fsp3) is 0.684. The molecule has 1 rings (SSSR count). The van der Waals surface area contributed by atoms with Gasteiger partial charge >= 0.3 is 50.1 Å². The molecule has 37 heavy (non-hydrogen) atoms. The van der Waals surface area contributed by atoms with Gasteiger partial charge in [0.15, 0.2) is 18.3 Å². The van der Waals surface area contributed by atoms with Crippen LogP contribution in [0, 0.1) is 0 Å². The SMILES string of the molecule is CC(=O)OC[C@H]1OC(OP(=O)(O)OC(OC(C)=O)OC(C)=O)[C@@H](OC(C)=O)[C@@H](OC(C)=O)[C@@H]1OC(C)=O. The molecule has 1 fully saturated rings. The van der Waals surface area contributed by atoms with Gasteiger partial charge in [-0.15, -0.1) is 0 Å². The van der Waals surface area contributed by atoms with Gasteiger partial charge < -0.3 is 38.1 Å². The van der Waals surface area contributed by atoms with E-state index in [0.29, 0.717) is 0 Å². The van der Waals surface area contributed by atoms with Crippen molar-refractivity contribution in [2.75, 3.05) is 6.61 Å². The van der Waals surface area contributed by atoms with Crippen molar-refractivity contribution < 1.29 is 80.4 Å². The van der Waals surface area contributed by atoms with E-state index < -0.39 is 87.4 Å². The van der Waals surface area contributed by atoms with Crippen molar-refractivity contribution >= 4 is 43.6 Å². The second-order valence-electron chi connectivity index (χ2n) is 7.25. The molecule has 1 aliphatic heterocycles. The minimum absolute atomic E-state index is 0.641. The number of phosphoric ester groups is 1. The molecular formula is C19H27O17P. The normalized spacial score (nSPS) is 24.7. The third-order valence-corrected chi connectivity index (χ3v) is 4.84. The number of carbonyl (C=O) groups is 6. The number of ether oxygens (including phenoxy) is 7. The molecule has 0 aliphatic carbocycles. The number of hydrogen-bond donors (Lipinski definition) is 1. The fourth-order valence-corrected chi connectivity index (χ4v) is 3.66. The van der Waals surface area contributed by atoms with Gasteiger partial charge in [-0.2, -0.15) is 0 Å². The van der Waals surface area contributed by atoms with Crippen LogP contribution in [0.3, 0.4) is 0 Å². The summed E-state index contributed by atoms with van der Waals surface area (Å²) in [6, 6.07) is 0. The average Bonchev–Trinajstić information content (AvgIpc) is 2.68. The van der Waals surface area contributed by atoms with Crippen molar-refractivity contribution in [3.8, 4) is 0 Å². The van der Waals surface area contributed by atoms with Gasteiger partial charge in [0, 0.05) is 41.5 Å². The minimum Gasteiger partial charge on any atom is -0.463 e. The van der Waals surface area contributed by atoms with Crippen molar-refractivity contribution in [2.45, 2.75) is 78.7 Å². The van der Waals surface area contributed by atoms with Crippen molar-refractivity contribution in [1.29, 1.82) is 0 Å². The van der Waals surface area contributed by atoms with Crippen LogP contribution in [0.2, 0.25) is 0 Å². The van der Waals surface area contributed by atoms with E-state index in [-0.39, 0.29) is 0 Å². The van der Waals surface area contributed by atoms with Gasteiger partial charge in [0.2, 0.25) is 6.29 Å². The third-order valence-electron chi connectivity index (χ3n) is 3.93. The van der Waals surface area contributed by atoms with Crippen molar-refractivity contribution in [1.82, 2.24) is 0 Å². The maximum Gasteiger partial charge on any atom is 0.480 e. The molecule has 0 amide bonds. The first-order valence-corrected chi connectivity index (χ1v) is 11.8. The Hall–Kier alpha value is -3.11. The van der Waals surface area contributed by atoms with E-state index in [9.17, 15) is 38.2 Å². The van der Waals surface area contributed by atoms with E-state index in [1.165, 1.54) is 0 Å². The van der Waals surface area contributed by atoms with Gasteiger partial charge in [-0.1, -0.05) is 0 Å². The summed E-state index contributed by atoms with van der Waals surface area (Å²) in [4.78, 5) is 79.2. The minimum atomic E-state index is -5.41. The molecule has 1 N–H and O–H groups in total. The summed E-state index contributed by atoms with van der Waals surface area (Å²) in [5.41, 5.74) is 0. The second-order valence-corrected chi connectivity index (χ2v) is 8.61. The second kappa shape index (κ2) is 14.0. The van der Waals surface area contributed by atoms with Crippen LogP contribution in [0.25, 0.3) is 0 Å². The molecule has 6 atom stereocenters. The molecule has 210 valence electrons. The first-order chi connectivity index (χ1) is 17.0. The van der Waals surface area contributed by atoms with E-state index in [4.69, 9.17) is 28.2 Å². The molecule has 1 aliphatic rings. The molecule has 0 radical (unpaired) electrons. The highest BCUT2D eigenvalue weighted by Crippen LogP contribution is 2.48. The molecule has 0 bridgehead atoms. The van der Waals surface area contributed by atoms with E-state index in [1.54, 1.807) is 0 Å². The molecule has 0 aromatic rings. The number of esters is 6. The highest BCUT2D eigenvalue weighted by molar-refractivity contribution is 7.47. The molecular weight excluding hydrogens is 531 g/mol. The maximum atomic E-state index is 12.7. The van der Waals surface area contributed by atoms with E-state index >= 15 is 0 Å². The standard InChI is InChI=1S/C19H27O17P/c1-8(20)28-7-14-15(29-9(2)21)16(30-10(3)22)17(31-11(4)23)18(34-14)35-37(26,27)36-19(32-12(5)24)33-13(6)25/h14-19H,7H2,1-6H3,(H,26,27)/t14-,15-,16+,17+,18?/m1/s1. The predicted octanol–water partition coefficient (Wildman–Crippen LogP) is -0.387. The number of rotatable bonds is 11. The monoisotopic (exact) mass is 558 g/mol. The summed E-state index contributed by atoms with van der Waals surface area (Å²) >= 11 is 0. The third kappa shape index (κ3) is 11.7. The van der Waals surface area contributed by atoms with E-state index in [2.05, 4.69) is 14.0 Å². The number of phosphoric acid groups is 1. The number of carbonyl (C=O) groups excluding carboxylic acids is 6. The van der Waals surface area contributed by atoms with Crippen LogP contribution in [-0.4, -0.2) is 84.5 Å². The Labute approximate surface area is 210 Å². The molecule has 1 heterocycles. The van der Waals surface area contributed by atoms with Gasteiger partial charge in [-0.3, -0.25) is 33.3 Å². The maximum absolute atomic E-state index is 12.7. The molecule has 2 unspecified atom stereocenters. The van der Waals surface area contributed by atoms with Gasteiger partial charge in [0.05, 0.1) is 0 Å². The fourth-order valence-electron chi connectivity index (χ4n) is 2.88. The van der Waals surface area contributed by atoms with E-state index in [1.807, 2.05) is 0 Å². The Morgan fingerprint density at radius 2 is 1.19 bits per heavy atom. The lowest BCUT2D eigenvalue weighted by atomic mass is 9.98.